The molecule has 2 aliphatic rings. The molecule has 0 aromatic heterocycles. The largest absolute Gasteiger partial charge is 0.338 e. The van der Waals surface area contributed by atoms with Crippen LogP contribution in [-0.4, -0.2) is 55.6 Å². The summed E-state index contributed by atoms with van der Waals surface area (Å²) in [6.45, 7) is 3.08. The predicted molar refractivity (Wildman–Crippen MR) is 78.3 cm³/mol. The smallest absolute Gasteiger partial charge is 0.317 e. The van der Waals surface area contributed by atoms with E-state index in [9.17, 15) is 4.79 Å². The fourth-order valence-electron chi connectivity index (χ4n) is 3.30. The first-order valence-electron chi connectivity index (χ1n) is 7.86. The molecule has 1 saturated carbocycles. The van der Waals surface area contributed by atoms with Gasteiger partial charge >= 0.3 is 6.03 Å². The van der Waals surface area contributed by atoms with Crippen LogP contribution in [0.3, 0.4) is 0 Å². The molecule has 1 aliphatic carbocycles. The summed E-state index contributed by atoms with van der Waals surface area (Å²) in [6.07, 6.45) is 8.83. The third-order valence-corrected chi connectivity index (χ3v) is 4.82. The number of urea groups is 1. The van der Waals surface area contributed by atoms with Crippen LogP contribution in [0.15, 0.2) is 0 Å². The molecular weight excluding hydrogens is 238 g/mol. The van der Waals surface area contributed by atoms with Crippen LogP contribution >= 0.6 is 0 Å². The second-order valence-electron chi connectivity index (χ2n) is 6.34. The Kier molecular flexibility index (Phi) is 5.49. The molecule has 0 spiro atoms. The maximum atomic E-state index is 12.2. The lowest BCUT2D eigenvalue weighted by Gasteiger charge is -2.35. The van der Waals surface area contributed by atoms with Crippen LogP contribution in [0.25, 0.3) is 0 Å². The lowest BCUT2D eigenvalue weighted by atomic mass is 9.89. The van der Waals surface area contributed by atoms with Crippen molar-refractivity contribution in [2.75, 3.05) is 33.7 Å². The van der Waals surface area contributed by atoms with Gasteiger partial charge in [-0.1, -0.05) is 19.3 Å². The predicted octanol–water partition coefficient (Wildman–Crippen LogP) is 2.30. The summed E-state index contributed by atoms with van der Waals surface area (Å²) < 4.78 is 0. The highest BCUT2D eigenvalue weighted by atomic mass is 16.2. The minimum absolute atomic E-state index is 0.125. The molecule has 0 aromatic rings. The number of nitrogens with one attached hydrogen (secondary N) is 1. The zero-order valence-electron chi connectivity index (χ0n) is 12.5. The van der Waals surface area contributed by atoms with Gasteiger partial charge in [-0.3, -0.25) is 0 Å². The van der Waals surface area contributed by atoms with Crippen molar-refractivity contribution in [3.8, 4) is 0 Å². The third-order valence-electron chi connectivity index (χ3n) is 4.82. The second-order valence-corrected chi connectivity index (χ2v) is 6.34. The minimum Gasteiger partial charge on any atom is -0.338 e. The van der Waals surface area contributed by atoms with E-state index in [1.54, 1.807) is 0 Å². The number of carbonyl (C=O) groups excluding carboxylic acids is 1. The van der Waals surface area contributed by atoms with E-state index in [4.69, 9.17) is 0 Å². The molecule has 4 heteroatoms. The molecule has 1 saturated heterocycles. The summed E-state index contributed by atoms with van der Waals surface area (Å²) in [7, 11) is 4.10. The van der Waals surface area contributed by atoms with Crippen molar-refractivity contribution in [1.82, 2.24) is 15.1 Å². The number of nitrogens with zero attached hydrogens (tertiary/aromatic N) is 2. The minimum atomic E-state index is 0.125. The Labute approximate surface area is 117 Å². The summed E-state index contributed by atoms with van der Waals surface area (Å²) in [5.41, 5.74) is 0. The van der Waals surface area contributed by atoms with E-state index >= 15 is 0 Å². The van der Waals surface area contributed by atoms with Gasteiger partial charge in [0.15, 0.2) is 0 Å². The molecule has 1 aliphatic heterocycles. The van der Waals surface area contributed by atoms with Gasteiger partial charge in [0.2, 0.25) is 0 Å². The van der Waals surface area contributed by atoms with Crippen LogP contribution in [0.1, 0.15) is 44.9 Å². The van der Waals surface area contributed by atoms with Crippen LogP contribution in [0.5, 0.6) is 0 Å². The summed E-state index contributed by atoms with van der Waals surface area (Å²) >= 11 is 0. The zero-order chi connectivity index (χ0) is 13.7. The average Bonchev–Trinajstić information content (AvgIpc) is 2.46. The van der Waals surface area contributed by atoms with E-state index in [1.807, 2.05) is 11.9 Å². The van der Waals surface area contributed by atoms with Crippen molar-refractivity contribution in [3.05, 3.63) is 0 Å². The second kappa shape index (κ2) is 7.13. The number of piperidine rings is 1. The van der Waals surface area contributed by atoms with Crippen LogP contribution in [-0.2, 0) is 0 Å². The Morgan fingerprint density at radius 1 is 1.16 bits per heavy atom. The molecule has 0 bridgehead atoms. The van der Waals surface area contributed by atoms with Gasteiger partial charge in [0.1, 0.15) is 0 Å². The number of hydrogen-bond acceptors (Lipinski definition) is 2. The van der Waals surface area contributed by atoms with Crippen LogP contribution in [0.2, 0.25) is 0 Å². The monoisotopic (exact) mass is 267 g/mol. The van der Waals surface area contributed by atoms with Gasteiger partial charge in [0.05, 0.1) is 0 Å². The fourth-order valence-corrected chi connectivity index (χ4v) is 3.30. The van der Waals surface area contributed by atoms with Crippen molar-refractivity contribution in [1.29, 1.82) is 0 Å². The Bertz CT molecular complexity index is 281. The molecule has 4 nitrogen and oxygen atoms in total. The average molecular weight is 267 g/mol. The highest BCUT2D eigenvalue weighted by Crippen LogP contribution is 2.23. The number of rotatable bonds is 3. The molecule has 19 heavy (non-hydrogen) atoms. The van der Waals surface area contributed by atoms with E-state index in [2.05, 4.69) is 17.3 Å². The van der Waals surface area contributed by atoms with E-state index in [1.165, 1.54) is 32.1 Å². The van der Waals surface area contributed by atoms with Gasteiger partial charge < -0.3 is 15.1 Å². The highest BCUT2D eigenvalue weighted by molar-refractivity contribution is 5.74. The molecule has 0 atom stereocenters. The molecule has 0 aromatic carbocycles. The van der Waals surface area contributed by atoms with E-state index < -0.39 is 0 Å². The number of hydrogen-bond donors (Lipinski definition) is 1. The first-order chi connectivity index (χ1) is 9.16. The molecule has 2 amide bonds. The molecular formula is C15H29N3O. The fraction of sp³-hybridized carbons (Fsp3) is 0.933. The van der Waals surface area contributed by atoms with Gasteiger partial charge in [-0.15, -0.1) is 0 Å². The first kappa shape index (κ1) is 14.6. The lowest BCUT2D eigenvalue weighted by molar-refractivity contribution is 0.146. The van der Waals surface area contributed by atoms with E-state index in [0.29, 0.717) is 12.0 Å². The van der Waals surface area contributed by atoms with Crippen LogP contribution in [0, 0.1) is 5.92 Å². The normalized spacial score (nSPS) is 23.3. The van der Waals surface area contributed by atoms with Crippen molar-refractivity contribution in [3.63, 3.8) is 0 Å². The highest BCUT2D eigenvalue weighted by Gasteiger charge is 2.24. The number of carbonyl (C=O) groups is 1. The Hall–Kier alpha value is -0.770. The van der Waals surface area contributed by atoms with Gasteiger partial charge in [-0.25, -0.2) is 4.79 Å². The van der Waals surface area contributed by atoms with E-state index in [-0.39, 0.29) is 6.03 Å². The summed E-state index contributed by atoms with van der Waals surface area (Å²) in [4.78, 5) is 16.4. The zero-order valence-corrected chi connectivity index (χ0v) is 12.5. The Morgan fingerprint density at radius 3 is 2.42 bits per heavy atom. The summed E-state index contributed by atoms with van der Waals surface area (Å²) in [5.74, 6) is 0.712. The maximum absolute atomic E-state index is 12.2. The summed E-state index contributed by atoms with van der Waals surface area (Å²) in [6, 6.07) is 0.544. The molecule has 0 unspecified atom stereocenters. The van der Waals surface area contributed by atoms with Crippen molar-refractivity contribution >= 4 is 6.03 Å². The molecule has 1 heterocycles. The third kappa shape index (κ3) is 4.37. The van der Waals surface area contributed by atoms with Crippen molar-refractivity contribution < 1.29 is 4.79 Å². The van der Waals surface area contributed by atoms with E-state index in [0.717, 1.165) is 32.5 Å². The first-order valence-corrected chi connectivity index (χ1v) is 7.86. The van der Waals surface area contributed by atoms with Crippen molar-refractivity contribution in [2.45, 2.75) is 51.0 Å². The molecule has 1 N–H and O–H groups in total. The van der Waals surface area contributed by atoms with Gasteiger partial charge in [0, 0.05) is 19.6 Å². The molecule has 0 radical (unpaired) electrons. The van der Waals surface area contributed by atoms with Crippen LogP contribution in [0.4, 0.5) is 4.79 Å². The number of likely N-dealkylation sites (tertiary alicyclic amines) is 1. The summed E-state index contributed by atoms with van der Waals surface area (Å²) in [5, 5.41) is 3.13. The molecule has 2 fully saturated rings. The van der Waals surface area contributed by atoms with Crippen molar-refractivity contribution in [2.24, 2.45) is 5.92 Å². The quantitative estimate of drug-likeness (QED) is 0.851. The lowest BCUT2D eigenvalue weighted by Crippen LogP contribution is -2.49. The van der Waals surface area contributed by atoms with Gasteiger partial charge in [-0.2, -0.15) is 0 Å². The standard InChI is InChI=1S/C15H29N3O/c1-17-10-8-14(9-11-17)18(2)15(19)16-12-13-6-4-3-5-7-13/h13-14H,3-12H2,1-2H3,(H,16,19). The topological polar surface area (TPSA) is 35.6 Å². The SMILES string of the molecule is CN1CCC(N(C)C(=O)NCC2CCCCC2)CC1. The number of amides is 2. The van der Waals surface area contributed by atoms with Crippen LogP contribution < -0.4 is 5.32 Å². The van der Waals surface area contributed by atoms with Gasteiger partial charge in [-0.05, 0) is 51.7 Å². The molecule has 2 rings (SSSR count). The van der Waals surface area contributed by atoms with Gasteiger partial charge in [0.25, 0.3) is 0 Å². The maximum Gasteiger partial charge on any atom is 0.317 e. The Morgan fingerprint density at radius 2 is 1.79 bits per heavy atom. The Balaban J connectivity index is 1.69. The molecule has 110 valence electrons.